The number of benzene rings is 1. The fourth-order valence-corrected chi connectivity index (χ4v) is 5.42. The summed E-state index contributed by atoms with van der Waals surface area (Å²) >= 11 is 0. The Morgan fingerprint density at radius 1 is 0.854 bits per heavy atom. The fraction of sp³-hybridized carbons (Fsp3) is 0.676. The molecule has 7 nitrogen and oxygen atoms in total. The van der Waals surface area contributed by atoms with Crippen LogP contribution < -0.4 is 0 Å². The zero-order valence-electron chi connectivity index (χ0n) is 27.0. The van der Waals surface area contributed by atoms with Crippen molar-refractivity contribution in [2.24, 2.45) is 17.8 Å². The van der Waals surface area contributed by atoms with Crippen molar-refractivity contribution in [3.63, 3.8) is 0 Å². The number of hydrogen-bond acceptors (Lipinski definition) is 7. The van der Waals surface area contributed by atoms with Crippen molar-refractivity contribution in [2.45, 2.75) is 120 Å². The van der Waals surface area contributed by atoms with Gasteiger partial charge in [0.2, 0.25) is 0 Å². The summed E-state index contributed by atoms with van der Waals surface area (Å²) in [6.45, 7) is 17.9. The average Bonchev–Trinajstić information content (AvgIpc) is 2.91. The van der Waals surface area contributed by atoms with Gasteiger partial charge >= 0.3 is 11.9 Å². The monoisotopic (exact) mass is 574 g/mol. The van der Waals surface area contributed by atoms with Crippen LogP contribution >= 0.6 is 0 Å². The van der Waals surface area contributed by atoms with Crippen LogP contribution in [0.4, 0.5) is 0 Å². The predicted molar refractivity (Wildman–Crippen MR) is 163 cm³/mol. The Labute approximate surface area is 248 Å². The number of esters is 2. The topological polar surface area (TPSA) is 104 Å². The van der Waals surface area contributed by atoms with E-state index in [1.54, 1.807) is 27.7 Å². The molecule has 1 aliphatic rings. The molecule has 0 heterocycles. The van der Waals surface area contributed by atoms with Crippen LogP contribution in [0.3, 0.4) is 0 Å². The molecule has 0 fully saturated rings. The SMILES string of the molecule is CCCC(CC1CC(=O)c2c(C)ccc(C)c2C1)C(CC)C(=O)CC(C)=O.CCOC(=O)CC.CCOC(=O)CC. The number of carbonyl (C=O) groups is 5. The molecule has 0 spiro atoms. The third-order valence-electron chi connectivity index (χ3n) is 7.33. The van der Waals surface area contributed by atoms with Crippen molar-refractivity contribution in [3.05, 3.63) is 34.4 Å². The Kier molecular flexibility index (Phi) is 19.5. The summed E-state index contributed by atoms with van der Waals surface area (Å²) < 4.78 is 9.10. The van der Waals surface area contributed by atoms with Gasteiger partial charge in [-0.15, -0.1) is 0 Å². The third kappa shape index (κ3) is 14.1. The minimum absolute atomic E-state index is 0.0451. The van der Waals surface area contributed by atoms with Crippen LogP contribution in [-0.4, -0.2) is 42.5 Å². The highest BCUT2D eigenvalue weighted by atomic mass is 16.5. The maximum atomic E-state index is 12.8. The first-order valence-corrected chi connectivity index (χ1v) is 15.4. The summed E-state index contributed by atoms with van der Waals surface area (Å²) in [7, 11) is 0. The van der Waals surface area contributed by atoms with Gasteiger partial charge in [0.05, 0.1) is 19.6 Å². The van der Waals surface area contributed by atoms with E-state index in [4.69, 9.17) is 0 Å². The van der Waals surface area contributed by atoms with Gasteiger partial charge in [0.25, 0.3) is 0 Å². The Hall–Kier alpha value is -2.83. The number of fused-ring (bicyclic) bond motifs is 1. The van der Waals surface area contributed by atoms with Gasteiger partial charge in [-0.3, -0.25) is 24.0 Å². The van der Waals surface area contributed by atoms with E-state index in [1.165, 1.54) is 18.1 Å². The van der Waals surface area contributed by atoms with E-state index < -0.39 is 0 Å². The molecule has 0 amide bonds. The standard InChI is InChI=1S/C24H34O3.2C5H10O2/c1-6-8-19(20(7-2)22(26)11-17(5)25)12-18-13-21-15(3)9-10-16(4)24(21)23(27)14-18;2*1-3-5(6)7-4-2/h9-10,18-20H,6-8,11-14H2,1-5H3;2*3-4H2,1-2H3. The largest absolute Gasteiger partial charge is 0.466 e. The highest BCUT2D eigenvalue weighted by molar-refractivity contribution is 6.00. The van der Waals surface area contributed by atoms with E-state index in [2.05, 4.69) is 29.4 Å². The molecule has 1 aromatic carbocycles. The zero-order chi connectivity index (χ0) is 31.5. The second-order valence-electron chi connectivity index (χ2n) is 10.7. The van der Waals surface area contributed by atoms with E-state index >= 15 is 0 Å². The molecule has 0 radical (unpaired) electrons. The lowest BCUT2D eigenvalue weighted by Crippen LogP contribution is -2.30. The van der Waals surface area contributed by atoms with Crippen LogP contribution in [-0.2, 0) is 35.1 Å². The lowest BCUT2D eigenvalue weighted by atomic mass is 9.71. The number of ketones is 3. The zero-order valence-corrected chi connectivity index (χ0v) is 27.0. The second kappa shape index (κ2) is 21.0. The molecular weight excluding hydrogens is 520 g/mol. The molecule has 0 saturated carbocycles. The highest BCUT2D eigenvalue weighted by Gasteiger charge is 2.33. The number of rotatable bonds is 13. The predicted octanol–water partition coefficient (Wildman–Crippen LogP) is 7.35. The van der Waals surface area contributed by atoms with Crippen LogP contribution in [0.25, 0.3) is 0 Å². The molecule has 232 valence electrons. The van der Waals surface area contributed by atoms with Gasteiger partial charge in [-0.1, -0.05) is 52.7 Å². The van der Waals surface area contributed by atoms with Crippen molar-refractivity contribution in [1.29, 1.82) is 0 Å². The Morgan fingerprint density at radius 3 is 1.80 bits per heavy atom. The Balaban J connectivity index is 0.000000941. The first-order valence-electron chi connectivity index (χ1n) is 15.4. The summed E-state index contributed by atoms with van der Waals surface area (Å²) in [5.41, 5.74) is 4.40. The number of aryl methyl sites for hydroxylation is 2. The van der Waals surface area contributed by atoms with Crippen LogP contribution in [0.1, 0.15) is 127 Å². The molecule has 3 unspecified atom stereocenters. The quantitative estimate of drug-likeness (QED) is 0.179. The molecule has 41 heavy (non-hydrogen) atoms. The summed E-state index contributed by atoms with van der Waals surface area (Å²) in [5, 5.41) is 0. The summed E-state index contributed by atoms with van der Waals surface area (Å²) in [6, 6.07) is 4.15. The van der Waals surface area contributed by atoms with E-state index in [-0.39, 0.29) is 47.5 Å². The molecule has 0 bridgehead atoms. The third-order valence-corrected chi connectivity index (χ3v) is 7.33. The van der Waals surface area contributed by atoms with Crippen molar-refractivity contribution >= 4 is 29.3 Å². The lowest BCUT2D eigenvalue weighted by Gasteiger charge is -2.32. The van der Waals surface area contributed by atoms with Gasteiger partial charge in [-0.2, -0.15) is 0 Å². The molecule has 2 rings (SSSR count). The maximum absolute atomic E-state index is 12.8. The van der Waals surface area contributed by atoms with Gasteiger partial charge in [0, 0.05) is 30.7 Å². The molecule has 3 atom stereocenters. The van der Waals surface area contributed by atoms with Gasteiger partial charge in [0.1, 0.15) is 11.6 Å². The van der Waals surface area contributed by atoms with Crippen molar-refractivity contribution in [2.75, 3.05) is 13.2 Å². The summed E-state index contributed by atoms with van der Waals surface area (Å²) in [4.78, 5) is 57.2. The van der Waals surface area contributed by atoms with Crippen LogP contribution in [0.5, 0.6) is 0 Å². The highest BCUT2D eigenvalue weighted by Crippen LogP contribution is 2.37. The maximum Gasteiger partial charge on any atom is 0.305 e. The minimum Gasteiger partial charge on any atom is -0.466 e. The first kappa shape index (κ1) is 38.2. The summed E-state index contributed by atoms with van der Waals surface area (Å²) in [5.74, 6) is 0.520. The number of Topliss-reactive ketones (excluding diaryl/α,β-unsaturated/α-hetero) is 3. The first-order chi connectivity index (χ1) is 19.4. The Bertz CT molecular complexity index is 977. The number of carbonyl (C=O) groups excluding carboxylic acids is 5. The molecule has 1 aromatic rings. The molecule has 1 aliphatic carbocycles. The molecule has 0 aromatic heterocycles. The van der Waals surface area contributed by atoms with Crippen molar-refractivity contribution < 1.29 is 33.4 Å². The second-order valence-corrected chi connectivity index (χ2v) is 10.7. The van der Waals surface area contributed by atoms with Gasteiger partial charge in [0.15, 0.2) is 5.78 Å². The molecule has 7 heteroatoms. The van der Waals surface area contributed by atoms with Gasteiger partial charge in [-0.05, 0) is 82.4 Å². The van der Waals surface area contributed by atoms with E-state index in [0.717, 1.165) is 43.2 Å². The van der Waals surface area contributed by atoms with Crippen LogP contribution in [0.15, 0.2) is 12.1 Å². The lowest BCUT2D eigenvalue weighted by molar-refractivity contribution is -0.143. The molecule has 0 aliphatic heterocycles. The molecular formula is C34H54O7. The van der Waals surface area contributed by atoms with Crippen molar-refractivity contribution in [1.82, 2.24) is 0 Å². The van der Waals surface area contributed by atoms with E-state index in [1.807, 2.05) is 19.9 Å². The van der Waals surface area contributed by atoms with Gasteiger partial charge < -0.3 is 9.47 Å². The molecule has 0 saturated heterocycles. The minimum atomic E-state index is -0.123. The van der Waals surface area contributed by atoms with Gasteiger partial charge in [-0.25, -0.2) is 0 Å². The van der Waals surface area contributed by atoms with Crippen LogP contribution in [0.2, 0.25) is 0 Å². The Morgan fingerprint density at radius 2 is 1.39 bits per heavy atom. The van der Waals surface area contributed by atoms with E-state index in [9.17, 15) is 24.0 Å². The molecule has 0 N–H and O–H groups in total. The summed E-state index contributed by atoms with van der Waals surface area (Å²) in [6.07, 6.45) is 6.17. The van der Waals surface area contributed by atoms with E-state index in [0.29, 0.717) is 38.4 Å². The van der Waals surface area contributed by atoms with Crippen LogP contribution in [0, 0.1) is 31.6 Å². The fourth-order valence-electron chi connectivity index (χ4n) is 5.42. The number of hydrogen-bond donors (Lipinski definition) is 0. The smallest absolute Gasteiger partial charge is 0.305 e. The number of ether oxygens (including phenoxy) is 2. The average molecular weight is 575 g/mol. The van der Waals surface area contributed by atoms with Crippen molar-refractivity contribution in [3.8, 4) is 0 Å². The normalized spacial score (nSPS) is 15.1.